The summed E-state index contributed by atoms with van der Waals surface area (Å²) in [6.07, 6.45) is 3.04. The second-order valence-corrected chi connectivity index (χ2v) is 4.99. The van der Waals surface area contributed by atoms with Crippen LogP contribution in [0.4, 0.5) is 0 Å². The third-order valence-electron chi connectivity index (χ3n) is 2.84. The molecule has 0 spiro atoms. The van der Waals surface area contributed by atoms with Gasteiger partial charge in [0, 0.05) is 11.8 Å². The van der Waals surface area contributed by atoms with E-state index in [1.807, 2.05) is 6.07 Å². The van der Waals surface area contributed by atoms with Crippen LogP contribution in [-0.4, -0.2) is 9.97 Å². The van der Waals surface area contributed by atoms with E-state index < -0.39 is 0 Å². The first-order valence-electron chi connectivity index (χ1n) is 6.47. The maximum absolute atomic E-state index is 8.67. The fraction of sp³-hybridized carbons (Fsp3) is 0.312. The first kappa shape index (κ1) is 13.2. The predicted octanol–water partition coefficient (Wildman–Crippen LogP) is 3.41. The topological polar surface area (TPSA) is 49.6 Å². The average molecular weight is 251 g/mol. The van der Waals surface area contributed by atoms with Crippen LogP contribution in [0, 0.1) is 17.2 Å². The molecule has 0 saturated heterocycles. The van der Waals surface area contributed by atoms with Gasteiger partial charge in [-0.25, -0.2) is 9.97 Å². The molecule has 0 aliphatic rings. The molecule has 1 aromatic carbocycles. The summed E-state index contributed by atoms with van der Waals surface area (Å²) in [4.78, 5) is 8.47. The minimum Gasteiger partial charge on any atom is -0.240 e. The molecule has 0 atom stereocenters. The molecule has 3 heteroatoms. The highest BCUT2D eigenvalue weighted by Crippen LogP contribution is 2.18. The standard InChI is InChI=1S/C16H17N3/c1-12(2)11-13-3-5-14(6-4-13)15-8-10-18-16(19-15)7-9-17/h3-6,8,10,12H,7,11H2,1-2H3. The van der Waals surface area contributed by atoms with Crippen molar-refractivity contribution in [2.75, 3.05) is 0 Å². The van der Waals surface area contributed by atoms with Gasteiger partial charge in [0.25, 0.3) is 0 Å². The molecule has 19 heavy (non-hydrogen) atoms. The molecule has 2 aromatic rings. The Balaban J connectivity index is 2.22. The quantitative estimate of drug-likeness (QED) is 0.836. The lowest BCUT2D eigenvalue weighted by molar-refractivity contribution is 0.647. The Bertz CT molecular complexity index is 580. The van der Waals surface area contributed by atoms with E-state index >= 15 is 0 Å². The van der Waals surface area contributed by atoms with Gasteiger partial charge < -0.3 is 0 Å². The molecule has 0 aliphatic heterocycles. The Kier molecular flexibility index (Phi) is 4.25. The van der Waals surface area contributed by atoms with E-state index in [1.165, 1.54) is 5.56 Å². The van der Waals surface area contributed by atoms with Crippen molar-refractivity contribution in [1.29, 1.82) is 5.26 Å². The number of aromatic nitrogens is 2. The molecule has 0 amide bonds. The molecule has 0 aliphatic carbocycles. The van der Waals surface area contributed by atoms with Crippen LogP contribution in [0.25, 0.3) is 11.3 Å². The lowest BCUT2D eigenvalue weighted by Gasteiger charge is -2.06. The van der Waals surface area contributed by atoms with Gasteiger partial charge in [0.1, 0.15) is 5.82 Å². The van der Waals surface area contributed by atoms with Crippen LogP contribution in [0.1, 0.15) is 25.2 Å². The number of nitrogens with zero attached hydrogens (tertiary/aromatic N) is 3. The highest BCUT2D eigenvalue weighted by atomic mass is 14.9. The fourth-order valence-corrected chi connectivity index (χ4v) is 2.00. The van der Waals surface area contributed by atoms with Gasteiger partial charge in [-0.15, -0.1) is 0 Å². The molecular formula is C16H17N3. The van der Waals surface area contributed by atoms with Crippen molar-refractivity contribution in [3.8, 4) is 17.3 Å². The van der Waals surface area contributed by atoms with Gasteiger partial charge in [-0.1, -0.05) is 38.1 Å². The van der Waals surface area contributed by atoms with E-state index in [9.17, 15) is 0 Å². The summed E-state index contributed by atoms with van der Waals surface area (Å²) in [5, 5.41) is 8.67. The highest BCUT2D eigenvalue weighted by Gasteiger charge is 2.03. The SMILES string of the molecule is CC(C)Cc1ccc(-c2ccnc(CC#N)n2)cc1. The van der Waals surface area contributed by atoms with E-state index in [0.29, 0.717) is 11.7 Å². The van der Waals surface area contributed by atoms with Gasteiger partial charge in [-0.05, 0) is 24.0 Å². The Labute approximate surface area is 114 Å². The molecule has 0 N–H and O–H groups in total. The summed E-state index contributed by atoms with van der Waals surface area (Å²) in [5.74, 6) is 1.23. The maximum Gasteiger partial charge on any atom is 0.142 e. The van der Waals surface area contributed by atoms with Gasteiger partial charge in [-0.2, -0.15) is 5.26 Å². The summed E-state index contributed by atoms with van der Waals surface area (Å²) in [6.45, 7) is 4.43. The van der Waals surface area contributed by atoms with Crippen molar-refractivity contribution in [3.63, 3.8) is 0 Å². The molecule has 0 unspecified atom stereocenters. The summed E-state index contributed by atoms with van der Waals surface area (Å²) in [6, 6.07) is 12.4. The van der Waals surface area contributed by atoms with Crippen molar-refractivity contribution in [3.05, 3.63) is 47.9 Å². The third-order valence-corrected chi connectivity index (χ3v) is 2.84. The molecule has 96 valence electrons. The average Bonchev–Trinajstić information content (AvgIpc) is 2.40. The van der Waals surface area contributed by atoms with Gasteiger partial charge >= 0.3 is 0 Å². The maximum atomic E-state index is 8.67. The first-order valence-corrected chi connectivity index (χ1v) is 6.47. The van der Waals surface area contributed by atoms with Crippen LogP contribution in [-0.2, 0) is 12.8 Å². The summed E-state index contributed by atoms with van der Waals surface area (Å²) in [7, 11) is 0. The zero-order valence-corrected chi connectivity index (χ0v) is 11.3. The Morgan fingerprint density at radius 2 is 1.89 bits per heavy atom. The van der Waals surface area contributed by atoms with Crippen molar-refractivity contribution in [1.82, 2.24) is 9.97 Å². The monoisotopic (exact) mass is 251 g/mol. The van der Waals surface area contributed by atoms with E-state index in [-0.39, 0.29) is 6.42 Å². The summed E-state index contributed by atoms with van der Waals surface area (Å²) in [5.41, 5.74) is 3.27. The lowest BCUT2D eigenvalue weighted by atomic mass is 10.0. The molecular weight excluding hydrogens is 234 g/mol. The smallest absolute Gasteiger partial charge is 0.142 e. The minimum atomic E-state index is 0.249. The first-order chi connectivity index (χ1) is 9.19. The van der Waals surface area contributed by atoms with Crippen LogP contribution in [0.2, 0.25) is 0 Å². The zero-order valence-electron chi connectivity index (χ0n) is 11.3. The van der Waals surface area contributed by atoms with E-state index in [4.69, 9.17) is 5.26 Å². The van der Waals surface area contributed by atoms with Gasteiger partial charge in [0.2, 0.25) is 0 Å². The normalized spacial score (nSPS) is 10.4. The molecule has 0 bridgehead atoms. The van der Waals surface area contributed by atoms with Gasteiger partial charge in [-0.3, -0.25) is 0 Å². The Morgan fingerprint density at radius 3 is 2.53 bits per heavy atom. The largest absolute Gasteiger partial charge is 0.240 e. The molecule has 2 rings (SSSR count). The fourth-order valence-electron chi connectivity index (χ4n) is 2.00. The van der Waals surface area contributed by atoms with Gasteiger partial charge in [0.05, 0.1) is 18.2 Å². The minimum absolute atomic E-state index is 0.249. The van der Waals surface area contributed by atoms with E-state index in [0.717, 1.165) is 17.7 Å². The van der Waals surface area contributed by atoms with Crippen molar-refractivity contribution < 1.29 is 0 Å². The second kappa shape index (κ2) is 6.10. The molecule has 0 radical (unpaired) electrons. The number of hydrogen-bond donors (Lipinski definition) is 0. The number of rotatable bonds is 4. The van der Waals surface area contributed by atoms with Crippen molar-refractivity contribution in [2.45, 2.75) is 26.7 Å². The van der Waals surface area contributed by atoms with Crippen LogP contribution in [0.3, 0.4) is 0 Å². The number of benzene rings is 1. The molecule has 0 fully saturated rings. The Hall–Kier alpha value is -2.21. The van der Waals surface area contributed by atoms with Crippen LogP contribution < -0.4 is 0 Å². The molecule has 1 aromatic heterocycles. The molecule has 1 heterocycles. The summed E-state index contributed by atoms with van der Waals surface area (Å²) >= 11 is 0. The highest BCUT2D eigenvalue weighted by molar-refractivity contribution is 5.59. The zero-order chi connectivity index (χ0) is 13.7. The summed E-state index contributed by atoms with van der Waals surface area (Å²) < 4.78 is 0. The van der Waals surface area contributed by atoms with Gasteiger partial charge in [0.15, 0.2) is 0 Å². The van der Waals surface area contributed by atoms with E-state index in [1.54, 1.807) is 6.20 Å². The van der Waals surface area contributed by atoms with Crippen molar-refractivity contribution >= 4 is 0 Å². The van der Waals surface area contributed by atoms with Crippen LogP contribution in [0.15, 0.2) is 36.5 Å². The number of hydrogen-bond acceptors (Lipinski definition) is 3. The van der Waals surface area contributed by atoms with E-state index in [2.05, 4.69) is 54.2 Å². The lowest BCUT2D eigenvalue weighted by Crippen LogP contribution is -1.96. The van der Waals surface area contributed by atoms with Crippen LogP contribution >= 0.6 is 0 Å². The number of nitriles is 1. The second-order valence-electron chi connectivity index (χ2n) is 4.99. The molecule has 3 nitrogen and oxygen atoms in total. The van der Waals surface area contributed by atoms with Crippen LogP contribution in [0.5, 0.6) is 0 Å². The van der Waals surface area contributed by atoms with Crippen molar-refractivity contribution in [2.24, 2.45) is 5.92 Å². The Morgan fingerprint density at radius 1 is 1.16 bits per heavy atom. The molecule has 0 saturated carbocycles. The predicted molar refractivity (Wildman–Crippen MR) is 75.3 cm³/mol. The third kappa shape index (κ3) is 3.62.